The van der Waals surface area contributed by atoms with E-state index < -0.39 is 0 Å². The normalized spacial score (nSPS) is 11.9. The Kier molecular flexibility index (Phi) is 5.03. The van der Waals surface area contributed by atoms with Crippen molar-refractivity contribution in [3.63, 3.8) is 0 Å². The number of anilines is 1. The van der Waals surface area contributed by atoms with E-state index in [2.05, 4.69) is 97.3 Å². The fraction of sp³-hybridized carbons (Fsp3) is 0.154. The van der Waals surface area contributed by atoms with E-state index >= 15 is 0 Å². The van der Waals surface area contributed by atoms with Crippen molar-refractivity contribution < 1.29 is 0 Å². The first-order chi connectivity index (χ1) is 13.7. The maximum Gasteiger partial charge on any atom is 0.0539 e. The first kappa shape index (κ1) is 18.1. The number of para-hydroxylation sites is 1. The van der Waals surface area contributed by atoms with Crippen LogP contribution in [0.15, 0.2) is 84.4 Å². The Morgan fingerprint density at radius 2 is 1.61 bits per heavy atom. The molecule has 0 amide bonds. The molecule has 1 heterocycles. The van der Waals surface area contributed by atoms with E-state index in [1.165, 1.54) is 39.0 Å². The van der Waals surface area contributed by atoms with Crippen molar-refractivity contribution in [1.82, 2.24) is 4.57 Å². The zero-order valence-corrected chi connectivity index (χ0v) is 16.5. The molecule has 0 aliphatic heterocycles. The molecule has 2 N–H and O–H groups in total. The largest absolute Gasteiger partial charge is 0.399 e. The molecule has 0 atom stereocenters. The molecule has 4 rings (SSSR count). The number of nitrogens with zero attached hydrogens (tertiary/aromatic N) is 1. The lowest BCUT2D eigenvalue weighted by Crippen LogP contribution is -1.96. The van der Waals surface area contributed by atoms with Gasteiger partial charge in [-0.25, -0.2) is 0 Å². The molecule has 0 saturated heterocycles. The highest BCUT2D eigenvalue weighted by molar-refractivity contribution is 5.95. The zero-order valence-electron chi connectivity index (χ0n) is 16.5. The number of fused-ring (bicyclic) bond motifs is 1. The second-order valence-electron chi connectivity index (χ2n) is 7.27. The number of aromatic nitrogens is 1. The van der Waals surface area contributed by atoms with Crippen LogP contribution in [0.25, 0.3) is 22.7 Å². The van der Waals surface area contributed by atoms with Gasteiger partial charge in [0.15, 0.2) is 0 Å². The molecular formula is C26H26N2. The van der Waals surface area contributed by atoms with Crippen LogP contribution in [0.2, 0.25) is 0 Å². The third-order valence-electron chi connectivity index (χ3n) is 5.37. The topological polar surface area (TPSA) is 30.9 Å². The smallest absolute Gasteiger partial charge is 0.0539 e. The van der Waals surface area contributed by atoms with Gasteiger partial charge in [-0.05, 0) is 55.7 Å². The Morgan fingerprint density at radius 1 is 0.929 bits per heavy atom. The van der Waals surface area contributed by atoms with Crippen LogP contribution in [0, 0.1) is 6.92 Å². The number of hydrogen-bond donors (Lipinski definition) is 1. The van der Waals surface area contributed by atoms with E-state index in [-0.39, 0.29) is 0 Å². The molecule has 0 bridgehead atoms. The van der Waals surface area contributed by atoms with Crippen molar-refractivity contribution >= 4 is 22.7 Å². The van der Waals surface area contributed by atoms with E-state index in [1.54, 1.807) is 0 Å². The van der Waals surface area contributed by atoms with Crippen molar-refractivity contribution in [2.45, 2.75) is 26.7 Å². The average Bonchev–Trinajstić information content (AvgIpc) is 2.99. The second kappa shape index (κ2) is 7.77. The molecule has 0 spiro atoms. The number of hydrogen-bond acceptors (Lipinski definition) is 1. The maximum absolute atomic E-state index is 6.15. The van der Waals surface area contributed by atoms with Gasteiger partial charge in [-0.2, -0.15) is 0 Å². The second-order valence-corrected chi connectivity index (χ2v) is 7.27. The average molecular weight is 367 g/mol. The molecule has 1 aromatic heterocycles. The summed E-state index contributed by atoms with van der Waals surface area (Å²) < 4.78 is 2.33. The Hall–Kier alpha value is -3.26. The van der Waals surface area contributed by atoms with Gasteiger partial charge in [0.05, 0.1) is 5.52 Å². The first-order valence-corrected chi connectivity index (χ1v) is 9.86. The lowest BCUT2D eigenvalue weighted by molar-refractivity contribution is 1.01. The quantitative estimate of drug-likeness (QED) is 0.399. The molecule has 3 aromatic carbocycles. The molecule has 0 saturated carbocycles. The summed E-state index contributed by atoms with van der Waals surface area (Å²) in [4.78, 5) is 0. The molecule has 0 aliphatic rings. The van der Waals surface area contributed by atoms with Gasteiger partial charge in [-0.15, -0.1) is 0 Å². The highest BCUT2D eigenvalue weighted by Gasteiger charge is 2.14. The molecule has 2 nitrogen and oxygen atoms in total. The lowest BCUT2D eigenvalue weighted by atomic mass is 9.99. The van der Waals surface area contributed by atoms with E-state index in [0.717, 1.165) is 18.5 Å². The zero-order chi connectivity index (χ0) is 19.5. The molecular weight excluding hydrogens is 340 g/mol. The van der Waals surface area contributed by atoms with E-state index in [1.807, 2.05) is 6.07 Å². The summed E-state index contributed by atoms with van der Waals surface area (Å²) in [6, 6.07) is 27.4. The van der Waals surface area contributed by atoms with Crippen LogP contribution < -0.4 is 5.73 Å². The molecule has 2 heteroatoms. The number of nitrogens with two attached hydrogens (primary N) is 1. The van der Waals surface area contributed by atoms with E-state index in [4.69, 9.17) is 5.73 Å². The number of nitrogen functional groups attached to an aromatic ring is 1. The monoisotopic (exact) mass is 366 g/mol. The summed E-state index contributed by atoms with van der Waals surface area (Å²) in [7, 11) is 0. The Labute approximate surface area is 166 Å². The highest BCUT2D eigenvalue weighted by Crippen LogP contribution is 2.33. The van der Waals surface area contributed by atoms with Gasteiger partial charge in [0.1, 0.15) is 0 Å². The standard InChI is InChI=1S/C26H26N2/c1-3-20(16-21-10-6-4-7-11-21)17-24-19(2)28(23-12-8-5-9-13-23)26-15-14-22(27)18-25(24)26/h4-15,17-18H,3,16,27H2,1-2H3/b20-17-. The molecule has 0 unspecified atom stereocenters. The van der Waals surface area contributed by atoms with Crippen LogP contribution in [-0.4, -0.2) is 4.57 Å². The molecule has 0 radical (unpaired) electrons. The predicted octanol–water partition coefficient (Wildman–Crippen LogP) is 6.56. The third-order valence-corrected chi connectivity index (χ3v) is 5.37. The summed E-state index contributed by atoms with van der Waals surface area (Å²) in [5.41, 5.74) is 14.6. The predicted molar refractivity (Wildman–Crippen MR) is 121 cm³/mol. The molecule has 0 aliphatic carbocycles. The van der Waals surface area contributed by atoms with Gasteiger partial charge >= 0.3 is 0 Å². The van der Waals surface area contributed by atoms with Crippen molar-refractivity contribution in [2.75, 3.05) is 5.73 Å². The van der Waals surface area contributed by atoms with Gasteiger partial charge in [-0.3, -0.25) is 0 Å². The summed E-state index contributed by atoms with van der Waals surface area (Å²) in [6.07, 6.45) is 4.36. The van der Waals surface area contributed by atoms with Gasteiger partial charge in [-0.1, -0.05) is 67.1 Å². The fourth-order valence-electron chi connectivity index (χ4n) is 3.89. The minimum absolute atomic E-state index is 0.800. The van der Waals surface area contributed by atoms with Crippen LogP contribution in [0.4, 0.5) is 5.69 Å². The van der Waals surface area contributed by atoms with Gasteiger partial charge in [0, 0.05) is 28.0 Å². The summed E-state index contributed by atoms with van der Waals surface area (Å²) in [5.74, 6) is 0. The SMILES string of the molecule is CC/C(=C/c1c(C)n(-c2ccccc2)c2ccc(N)cc12)Cc1ccccc1. The molecule has 28 heavy (non-hydrogen) atoms. The van der Waals surface area contributed by atoms with Gasteiger partial charge in [0.25, 0.3) is 0 Å². The Balaban J connectivity index is 1.89. The van der Waals surface area contributed by atoms with Crippen LogP contribution in [0.1, 0.15) is 30.2 Å². The van der Waals surface area contributed by atoms with E-state index in [0.29, 0.717) is 0 Å². The summed E-state index contributed by atoms with van der Waals surface area (Å²) in [6.45, 7) is 4.43. The number of rotatable bonds is 5. The summed E-state index contributed by atoms with van der Waals surface area (Å²) >= 11 is 0. The fourth-order valence-corrected chi connectivity index (χ4v) is 3.89. The van der Waals surface area contributed by atoms with Gasteiger partial charge < -0.3 is 10.3 Å². The lowest BCUT2D eigenvalue weighted by Gasteiger charge is -2.09. The molecule has 140 valence electrons. The van der Waals surface area contributed by atoms with E-state index in [9.17, 15) is 0 Å². The first-order valence-electron chi connectivity index (χ1n) is 9.86. The third kappa shape index (κ3) is 3.46. The van der Waals surface area contributed by atoms with Crippen LogP contribution in [-0.2, 0) is 6.42 Å². The van der Waals surface area contributed by atoms with Crippen LogP contribution >= 0.6 is 0 Å². The number of benzene rings is 3. The van der Waals surface area contributed by atoms with Crippen molar-refractivity contribution in [2.24, 2.45) is 0 Å². The number of allylic oxidation sites excluding steroid dienone is 1. The molecule has 0 fully saturated rings. The minimum Gasteiger partial charge on any atom is -0.399 e. The van der Waals surface area contributed by atoms with Crippen LogP contribution in [0.5, 0.6) is 0 Å². The molecule has 4 aromatic rings. The van der Waals surface area contributed by atoms with Crippen molar-refractivity contribution in [3.8, 4) is 5.69 Å². The van der Waals surface area contributed by atoms with Crippen molar-refractivity contribution in [3.05, 3.63) is 101 Å². The van der Waals surface area contributed by atoms with Crippen LogP contribution in [0.3, 0.4) is 0 Å². The van der Waals surface area contributed by atoms with Crippen molar-refractivity contribution in [1.29, 1.82) is 0 Å². The highest BCUT2D eigenvalue weighted by atomic mass is 15.0. The maximum atomic E-state index is 6.15. The van der Waals surface area contributed by atoms with Gasteiger partial charge in [0.2, 0.25) is 0 Å². The minimum atomic E-state index is 0.800. The Morgan fingerprint density at radius 3 is 2.29 bits per heavy atom. The Bertz CT molecular complexity index is 1120. The summed E-state index contributed by atoms with van der Waals surface area (Å²) in [5, 5.41) is 1.21.